The molecule has 0 spiro atoms. The standard InChI is InChI=1S/C16H26N4O2S/c1-16(2,3)9-14(21)20-12-23-10-13(20)15(22)18-5-4-7-19-8-6-17-11-19/h6,8,11,13H,4-5,7,9-10,12H2,1-3H3,(H,18,22)/t13-/m1/s1. The molecule has 1 N–H and O–H groups in total. The van der Waals surface area contributed by atoms with Crippen molar-refractivity contribution in [3.8, 4) is 0 Å². The average molecular weight is 338 g/mol. The van der Waals surface area contributed by atoms with Crippen molar-refractivity contribution in [1.82, 2.24) is 19.8 Å². The van der Waals surface area contributed by atoms with Gasteiger partial charge in [-0.15, -0.1) is 11.8 Å². The molecular weight excluding hydrogens is 312 g/mol. The van der Waals surface area contributed by atoms with Crippen molar-refractivity contribution in [3.05, 3.63) is 18.7 Å². The maximum absolute atomic E-state index is 12.4. The number of amides is 2. The molecule has 1 fully saturated rings. The number of carbonyl (C=O) groups is 2. The van der Waals surface area contributed by atoms with Crippen LogP contribution in [0, 0.1) is 5.41 Å². The van der Waals surface area contributed by atoms with E-state index in [4.69, 9.17) is 0 Å². The van der Waals surface area contributed by atoms with Crippen molar-refractivity contribution in [2.24, 2.45) is 5.41 Å². The Labute approximate surface area is 142 Å². The predicted octanol–water partition coefficient (Wildman–Crippen LogP) is 1.73. The number of thioether (sulfide) groups is 1. The molecule has 6 nitrogen and oxygen atoms in total. The summed E-state index contributed by atoms with van der Waals surface area (Å²) in [5.41, 5.74) is -0.0594. The van der Waals surface area contributed by atoms with Crippen molar-refractivity contribution < 1.29 is 9.59 Å². The Morgan fingerprint density at radius 2 is 2.17 bits per heavy atom. The molecule has 2 amide bonds. The van der Waals surface area contributed by atoms with E-state index < -0.39 is 0 Å². The number of nitrogens with one attached hydrogen (secondary N) is 1. The molecule has 0 bridgehead atoms. The first-order chi connectivity index (χ1) is 10.9. The fraction of sp³-hybridized carbons (Fsp3) is 0.688. The van der Waals surface area contributed by atoms with E-state index in [9.17, 15) is 9.59 Å². The summed E-state index contributed by atoms with van der Waals surface area (Å²) >= 11 is 1.64. The molecule has 0 saturated carbocycles. The molecule has 0 aliphatic carbocycles. The topological polar surface area (TPSA) is 67.2 Å². The number of hydrogen-bond donors (Lipinski definition) is 1. The Morgan fingerprint density at radius 3 is 2.83 bits per heavy atom. The van der Waals surface area contributed by atoms with Crippen LogP contribution in [-0.4, -0.2) is 50.5 Å². The zero-order valence-electron chi connectivity index (χ0n) is 14.1. The van der Waals surface area contributed by atoms with Gasteiger partial charge in [-0.1, -0.05) is 20.8 Å². The Balaban J connectivity index is 1.77. The molecule has 1 saturated heterocycles. The number of imidazole rings is 1. The van der Waals surface area contributed by atoms with E-state index in [1.165, 1.54) is 0 Å². The highest BCUT2D eigenvalue weighted by Gasteiger charge is 2.35. The van der Waals surface area contributed by atoms with E-state index in [2.05, 4.69) is 10.3 Å². The maximum Gasteiger partial charge on any atom is 0.243 e. The molecule has 0 unspecified atom stereocenters. The zero-order chi connectivity index (χ0) is 16.9. The lowest BCUT2D eigenvalue weighted by molar-refractivity contribution is -0.139. The number of rotatable bonds is 6. The lowest BCUT2D eigenvalue weighted by Crippen LogP contribution is -2.48. The van der Waals surface area contributed by atoms with E-state index in [0.717, 1.165) is 13.0 Å². The summed E-state index contributed by atoms with van der Waals surface area (Å²) in [5.74, 6) is 1.33. The average Bonchev–Trinajstić information content (AvgIpc) is 3.12. The normalized spacial score (nSPS) is 18.2. The van der Waals surface area contributed by atoms with Crippen LogP contribution in [0.3, 0.4) is 0 Å². The highest BCUT2D eigenvalue weighted by Crippen LogP contribution is 2.26. The van der Waals surface area contributed by atoms with Gasteiger partial charge in [0.15, 0.2) is 0 Å². The summed E-state index contributed by atoms with van der Waals surface area (Å²) in [5, 5.41) is 2.95. The second-order valence-electron chi connectivity index (χ2n) is 7.06. The number of aromatic nitrogens is 2. The lowest BCUT2D eigenvalue weighted by Gasteiger charge is -2.26. The van der Waals surface area contributed by atoms with Crippen molar-refractivity contribution in [3.63, 3.8) is 0 Å². The molecule has 128 valence electrons. The van der Waals surface area contributed by atoms with Crippen LogP contribution >= 0.6 is 11.8 Å². The predicted molar refractivity (Wildman–Crippen MR) is 91.9 cm³/mol. The number of aryl methyl sites for hydroxylation is 1. The number of carbonyl (C=O) groups excluding carboxylic acids is 2. The number of hydrogen-bond acceptors (Lipinski definition) is 4. The second-order valence-corrected chi connectivity index (χ2v) is 8.06. The van der Waals surface area contributed by atoms with Crippen molar-refractivity contribution in [2.45, 2.75) is 46.2 Å². The minimum Gasteiger partial charge on any atom is -0.354 e. The van der Waals surface area contributed by atoms with Gasteiger partial charge in [-0.05, 0) is 11.8 Å². The van der Waals surface area contributed by atoms with Crippen LogP contribution in [0.2, 0.25) is 0 Å². The highest BCUT2D eigenvalue weighted by molar-refractivity contribution is 7.99. The smallest absolute Gasteiger partial charge is 0.243 e. The van der Waals surface area contributed by atoms with Gasteiger partial charge >= 0.3 is 0 Å². The van der Waals surface area contributed by atoms with Gasteiger partial charge in [0.05, 0.1) is 12.2 Å². The van der Waals surface area contributed by atoms with Crippen LogP contribution in [-0.2, 0) is 16.1 Å². The summed E-state index contributed by atoms with van der Waals surface area (Å²) in [6.45, 7) is 7.56. The van der Waals surface area contributed by atoms with Crippen LogP contribution in [0.1, 0.15) is 33.6 Å². The third-order valence-electron chi connectivity index (χ3n) is 3.64. The maximum atomic E-state index is 12.4. The van der Waals surface area contributed by atoms with E-state index in [1.807, 2.05) is 31.5 Å². The summed E-state index contributed by atoms with van der Waals surface area (Å²) < 4.78 is 1.98. The summed E-state index contributed by atoms with van der Waals surface area (Å²) in [6.07, 6.45) is 6.73. The van der Waals surface area contributed by atoms with Crippen molar-refractivity contribution >= 4 is 23.6 Å². The van der Waals surface area contributed by atoms with Crippen molar-refractivity contribution in [1.29, 1.82) is 0 Å². The first-order valence-corrected chi connectivity index (χ1v) is 9.13. The Hall–Kier alpha value is -1.50. The zero-order valence-corrected chi connectivity index (χ0v) is 14.9. The summed E-state index contributed by atoms with van der Waals surface area (Å²) in [4.78, 5) is 30.4. The third kappa shape index (κ3) is 5.57. The Bertz CT molecular complexity index is 525. The monoisotopic (exact) mass is 338 g/mol. The molecule has 1 aromatic heterocycles. The van der Waals surface area contributed by atoms with E-state index >= 15 is 0 Å². The van der Waals surface area contributed by atoms with Gasteiger partial charge in [-0.25, -0.2) is 4.98 Å². The SMILES string of the molecule is CC(C)(C)CC(=O)N1CSC[C@@H]1C(=O)NCCCn1ccnc1. The second kappa shape index (κ2) is 7.86. The van der Waals surface area contributed by atoms with E-state index in [-0.39, 0.29) is 23.3 Å². The first-order valence-electron chi connectivity index (χ1n) is 7.97. The van der Waals surface area contributed by atoms with E-state index in [1.54, 1.807) is 29.2 Å². The molecule has 1 aromatic rings. The minimum atomic E-state index is -0.330. The molecule has 0 radical (unpaired) electrons. The van der Waals surface area contributed by atoms with Gasteiger partial charge < -0.3 is 14.8 Å². The van der Waals surface area contributed by atoms with Crippen LogP contribution in [0.4, 0.5) is 0 Å². The first kappa shape index (κ1) is 17.8. The molecule has 0 aromatic carbocycles. The molecule has 7 heteroatoms. The molecule has 2 heterocycles. The van der Waals surface area contributed by atoms with Crippen LogP contribution in [0.5, 0.6) is 0 Å². The van der Waals surface area contributed by atoms with Crippen LogP contribution < -0.4 is 5.32 Å². The van der Waals surface area contributed by atoms with E-state index in [0.29, 0.717) is 24.6 Å². The van der Waals surface area contributed by atoms with Gasteiger partial charge in [0.25, 0.3) is 0 Å². The van der Waals surface area contributed by atoms with Gasteiger partial charge in [0, 0.05) is 37.7 Å². The summed E-state index contributed by atoms with van der Waals surface area (Å²) in [7, 11) is 0. The van der Waals surface area contributed by atoms with Gasteiger partial charge in [-0.3, -0.25) is 9.59 Å². The lowest BCUT2D eigenvalue weighted by atomic mass is 9.91. The van der Waals surface area contributed by atoms with Gasteiger partial charge in [0.2, 0.25) is 11.8 Å². The van der Waals surface area contributed by atoms with Crippen molar-refractivity contribution in [2.75, 3.05) is 18.2 Å². The van der Waals surface area contributed by atoms with Crippen LogP contribution in [0.25, 0.3) is 0 Å². The number of nitrogens with zero attached hydrogens (tertiary/aromatic N) is 3. The Kier molecular flexibility index (Phi) is 6.10. The fourth-order valence-corrected chi connectivity index (χ4v) is 3.65. The summed E-state index contributed by atoms with van der Waals surface area (Å²) in [6, 6.07) is -0.330. The molecule has 1 aliphatic heterocycles. The molecule has 1 aliphatic rings. The van der Waals surface area contributed by atoms with Gasteiger partial charge in [-0.2, -0.15) is 0 Å². The molecular formula is C16H26N4O2S. The molecule has 1 atom stereocenters. The minimum absolute atomic E-state index is 0.0390. The van der Waals surface area contributed by atoms with Gasteiger partial charge in [0.1, 0.15) is 6.04 Å². The third-order valence-corrected chi connectivity index (χ3v) is 4.65. The molecule has 23 heavy (non-hydrogen) atoms. The quantitative estimate of drug-likeness (QED) is 0.802. The fourth-order valence-electron chi connectivity index (χ4n) is 2.47. The Morgan fingerprint density at radius 1 is 1.39 bits per heavy atom. The largest absolute Gasteiger partial charge is 0.354 e. The molecule has 2 rings (SSSR count). The highest BCUT2D eigenvalue weighted by atomic mass is 32.2. The van der Waals surface area contributed by atoms with Crippen LogP contribution in [0.15, 0.2) is 18.7 Å².